The van der Waals surface area contributed by atoms with Gasteiger partial charge in [0.2, 0.25) is 5.91 Å². The number of carbonyl (C=O) groups is 3. The predicted octanol–water partition coefficient (Wildman–Crippen LogP) is 7.56. The van der Waals surface area contributed by atoms with Gasteiger partial charge in [-0.15, -0.1) is 0 Å². The van der Waals surface area contributed by atoms with Crippen LogP contribution in [0.25, 0.3) is 0 Å². The molecule has 0 spiro atoms. The van der Waals surface area contributed by atoms with Crippen LogP contribution in [0.4, 0.5) is 4.79 Å². The highest BCUT2D eigenvalue weighted by Gasteiger charge is 2.66. The van der Waals surface area contributed by atoms with E-state index in [1.807, 2.05) is 0 Å². The summed E-state index contributed by atoms with van der Waals surface area (Å²) in [5.41, 5.74) is 9.91. The smallest absolute Gasteiger partial charge is 0.315 e. The average Bonchev–Trinajstić information content (AvgIpc) is 4.00. The van der Waals surface area contributed by atoms with Crippen molar-refractivity contribution in [2.24, 2.45) is 74.7 Å². The van der Waals surface area contributed by atoms with Crippen LogP contribution >= 0.6 is 11.8 Å². The molecule has 0 bridgehead atoms. The lowest BCUT2D eigenvalue weighted by Gasteiger charge is -2.63. The molecule has 0 aromatic rings. The normalized spacial score (nSPS) is 50.5. The topological polar surface area (TPSA) is 214 Å². The van der Waals surface area contributed by atoms with Gasteiger partial charge < -0.3 is 47.2 Å². The molecule has 376 valence electrons. The molecular weight excluding hydrogens is 853 g/mol. The van der Waals surface area contributed by atoms with E-state index < -0.39 is 30.4 Å². The van der Waals surface area contributed by atoms with Crippen LogP contribution in [0.2, 0.25) is 0 Å². The monoisotopic (exact) mass is 943 g/mol. The zero-order valence-electron chi connectivity index (χ0n) is 39.7. The molecule has 21 atom stereocenters. The zero-order valence-corrected chi connectivity index (χ0v) is 40.5. The number of aliphatic hydroxyl groups excluding tert-OH is 4. The number of carbonyl (C=O) groups excluding carboxylic acids is 2. The summed E-state index contributed by atoms with van der Waals surface area (Å²) in [7, 11) is 0. The van der Waals surface area contributed by atoms with E-state index in [1.54, 1.807) is 22.9 Å². The number of allylic oxidation sites excluding steroid dienone is 4. The second-order valence-electron chi connectivity index (χ2n) is 23.3. The van der Waals surface area contributed by atoms with E-state index in [4.69, 9.17) is 15.6 Å². The number of urea groups is 1. The van der Waals surface area contributed by atoms with Crippen molar-refractivity contribution < 1.29 is 39.9 Å². The highest BCUT2D eigenvalue weighted by atomic mass is 32.2. The summed E-state index contributed by atoms with van der Waals surface area (Å²) < 4.78 is 0. The number of aliphatic hydroxyl groups is 4. The minimum Gasteiger partial charge on any atom is -0.481 e. The number of carboxylic acid groups (broad SMARTS) is 1. The van der Waals surface area contributed by atoms with Gasteiger partial charge in [-0.1, -0.05) is 65.8 Å². The summed E-state index contributed by atoms with van der Waals surface area (Å²) in [5, 5.41) is 61.8. The molecule has 8 saturated carbocycles. The van der Waals surface area contributed by atoms with Crippen LogP contribution in [0.15, 0.2) is 23.3 Å². The molecule has 10 rings (SSSR count). The summed E-state index contributed by atoms with van der Waals surface area (Å²) in [6.45, 7) is 15.0. The molecule has 3 amide bonds. The summed E-state index contributed by atoms with van der Waals surface area (Å²) >= 11 is 1.75. The Morgan fingerprint density at radius 2 is 1.20 bits per heavy atom. The molecule has 12 nitrogen and oxygen atoms in total. The van der Waals surface area contributed by atoms with Crippen LogP contribution in [-0.4, -0.2) is 103 Å². The third-order valence-electron chi connectivity index (χ3n) is 20.6. The Kier molecular flexibility index (Phi) is 16.1. The van der Waals surface area contributed by atoms with E-state index in [9.17, 15) is 30.0 Å². The van der Waals surface area contributed by atoms with Crippen LogP contribution in [0.3, 0.4) is 0 Å². The zero-order chi connectivity index (χ0) is 46.3. The lowest BCUT2D eigenvalue weighted by molar-refractivity contribution is -0.211. The van der Waals surface area contributed by atoms with Crippen molar-refractivity contribution in [3.63, 3.8) is 0 Å². The van der Waals surface area contributed by atoms with Crippen LogP contribution in [0.1, 0.15) is 160 Å². The standard InChI is InChI=1S/C28H43N3O4S.C21H35NO2.C2H4O2.2CH4/c1-4-14-5-6-16-22-17(8-10-27(14,16)2)28(3)9-7-15(11-18(28)24(33)25(22)34)29-21(32)12-20-23-19(13-36-20)30-26(35)31-23;1-4-12-5-6-14-17-15(8-10-20(12,14)2)21(3)9-7-13(22)11-16(21)18(23)19(17)24;1-2(3)4;;/h4,15-20,22-25,33-34H,5-13H2,1-3H3,(H,29,32)(H2,30,31,35);4,13-19,23-24H,5-11,22H2,1-3H3;1H3,(H,3,4);2*1H4/b14-4-;12-4-;;;/t15-,16?,17?,18?,19-,20-,22?,23-,24+,25+,27+,28+;13-,14?,15?,16?,17?,18+,19+,20+,21+;;;/m00.../s1. The number of fused-ring (bicyclic) bond motifs is 11. The SMILES string of the molecule is C.C.C/C=C1/CCC2C3C(CC[C@]12C)[C@@]1(C)CC[C@H](N)CC1[C@@H](O)[C@@H]3O.C/C=C1/CCC2C3C(CC[C@]12C)[C@@]1(C)CC[C@H](NC(=O)C[C@@H]2SC[C@@H]4NC(=O)N[C@@H]42)CC1[C@@H](O)[C@@H]3O.CC(=O)O. The molecule has 0 aromatic heterocycles. The van der Waals surface area contributed by atoms with E-state index in [0.29, 0.717) is 30.1 Å². The van der Waals surface area contributed by atoms with E-state index in [2.05, 4.69) is 69.6 Å². The van der Waals surface area contributed by atoms with Crippen molar-refractivity contribution >= 4 is 29.7 Å². The van der Waals surface area contributed by atoms with E-state index in [0.717, 1.165) is 70.5 Å². The van der Waals surface area contributed by atoms with Gasteiger partial charge in [0.1, 0.15) is 0 Å². The molecule has 10 N–H and O–H groups in total. The lowest BCUT2D eigenvalue weighted by atomic mass is 9.43. The van der Waals surface area contributed by atoms with Gasteiger partial charge in [0.25, 0.3) is 5.97 Å². The number of thioether (sulfide) groups is 1. The number of rotatable bonds is 3. The van der Waals surface area contributed by atoms with Crippen molar-refractivity contribution in [1.82, 2.24) is 16.0 Å². The molecule has 2 heterocycles. The van der Waals surface area contributed by atoms with Gasteiger partial charge in [0, 0.05) is 36.4 Å². The van der Waals surface area contributed by atoms with Crippen molar-refractivity contribution in [1.29, 1.82) is 0 Å². The van der Waals surface area contributed by atoms with Gasteiger partial charge >= 0.3 is 6.03 Å². The molecule has 10 aliphatic rings. The van der Waals surface area contributed by atoms with E-state index in [-0.39, 0.29) is 102 Å². The fourth-order valence-electron chi connectivity index (χ4n) is 17.4. The second kappa shape index (κ2) is 19.9. The van der Waals surface area contributed by atoms with Crippen molar-refractivity contribution in [2.45, 2.75) is 213 Å². The Balaban J connectivity index is 0.000000209. The fraction of sp³-hybridized carbons (Fsp3) is 0.868. The quantitative estimate of drug-likeness (QED) is 0.100. The van der Waals surface area contributed by atoms with Crippen LogP contribution in [-0.2, 0) is 9.59 Å². The van der Waals surface area contributed by atoms with Crippen molar-refractivity contribution in [3.05, 3.63) is 23.3 Å². The molecule has 0 aromatic carbocycles. The van der Waals surface area contributed by atoms with Gasteiger partial charge in [-0.25, -0.2) is 4.79 Å². The van der Waals surface area contributed by atoms with Crippen molar-refractivity contribution in [2.75, 3.05) is 5.75 Å². The van der Waals surface area contributed by atoms with E-state index >= 15 is 0 Å². The van der Waals surface area contributed by atoms with Gasteiger partial charge in [-0.3, -0.25) is 9.59 Å². The minimum absolute atomic E-state index is 0. The largest absolute Gasteiger partial charge is 0.481 e. The first-order valence-corrected chi connectivity index (χ1v) is 26.2. The van der Waals surface area contributed by atoms with Crippen molar-refractivity contribution in [3.8, 4) is 0 Å². The van der Waals surface area contributed by atoms with Gasteiger partial charge in [-0.05, 0) is 173 Å². The molecule has 2 aliphatic heterocycles. The first kappa shape index (κ1) is 53.2. The Labute approximate surface area is 401 Å². The number of nitrogens with one attached hydrogen (secondary N) is 3. The first-order chi connectivity index (χ1) is 30.2. The second-order valence-corrected chi connectivity index (χ2v) is 24.6. The summed E-state index contributed by atoms with van der Waals surface area (Å²) in [6.07, 6.45) is 17.5. The number of hydrogen-bond donors (Lipinski definition) is 9. The predicted molar refractivity (Wildman–Crippen MR) is 263 cm³/mol. The Morgan fingerprint density at radius 3 is 1.70 bits per heavy atom. The Hall–Kier alpha value is -2.16. The van der Waals surface area contributed by atoms with Gasteiger partial charge in [-0.2, -0.15) is 11.8 Å². The number of carboxylic acids is 1. The third kappa shape index (κ3) is 8.85. The minimum atomic E-state index is -0.833. The van der Waals surface area contributed by atoms with E-state index in [1.165, 1.54) is 32.1 Å². The van der Waals surface area contributed by atoms with Crippen LogP contribution in [0, 0.1) is 69.0 Å². The molecule has 0 radical (unpaired) electrons. The summed E-state index contributed by atoms with van der Waals surface area (Å²) in [5.74, 6) is 2.57. The highest BCUT2D eigenvalue weighted by Crippen LogP contribution is 2.69. The molecule has 13 heteroatoms. The number of hydrogen-bond acceptors (Lipinski definition) is 9. The summed E-state index contributed by atoms with van der Waals surface area (Å²) in [4.78, 5) is 33.7. The Morgan fingerprint density at radius 1 is 0.712 bits per heavy atom. The van der Waals surface area contributed by atoms with Crippen LogP contribution in [0.5, 0.6) is 0 Å². The third-order valence-corrected chi connectivity index (χ3v) is 22.1. The maximum Gasteiger partial charge on any atom is 0.315 e. The molecule has 8 aliphatic carbocycles. The molecular formula is C53H90N4O8S. The lowest BCUT2D eigenvalue weighted by Crippen LogP contribution is -2.64. The maximum absolute atomic E-state index is 13.0. The van der Waals surface area contributed by atoms with Gasteiger partial charge in [0.05, 0.1) is 36.5 Å². The fourth-order valence-corrected chi connectivity index (χ4v) is 18.8. The molecule has 8 unspecified atom stereocenters. The number of amides is 3. The number of aliphatic carboxylic acids is 1. The van der Waals surface area contributed by atoms with Gasteiger partial charge in [0.15, 0.2) is 0 Å². The highest BCUT2D eigenvalue weighted by molar-refractivity contribution is 8.00. The Bertz CT molecular complexity index is 1840. The average molecular weight is 943 g/mol. The maximum atomic E-state index is 13.0. The number of nitrogens with two attached hydrogens (primary N) is 1. The summed E-state index contributed by atoms with van der Waals surface area (Å²) in [6, 6.07) is 0.223. The molecule has 10 fully saturated rings. The molecule has 66 heavy (non-hydrogen) atoms. The first-order valence-electron chi connectivity index (χ1n) is 25.2. The van der Waals surface area contributed by atoms with Crippen LogP contribution < -0.4 is 21.7 Å². The molecule has 2 saturated heterocycles.